The molecule has 0 bridgehead atoms. The predicted molar refractivity (Wildman–Crippen MR) is 79.8 cm³/mol. The van der Waals surface area contributed by atoms with Crippen LogP contribution < -0.4 is 10.1 Å². The number of aryl methyl sites for hydroxylation is 1. The maximum absolute atomic E-state index is 5.45. The van der Waals surface area contributed by atoms with Crippen LogP contribution in [0.3, 0.4) is 0 Å². The van der Waals surface area contributed by atoms with E-state index < -0.39 is 0 Å². The molecular formula is C15H29N3O. The number of ether oxygens (including phenoxy) is 1. The lowest BCUT2D eigenvalue weighted by Crippen LogP contribution is -2.30. The Labute approximate surface area is 117 Å². The average Bonchev–Trinajstić information content (AvgIpc) is 2.78. The van der Waals surface area contributed by atoms with Gasteiger partial charge in [-0.25, -0.2) is 0 Å². The number of nitrogens with zero attached hydrogens (tertiary/aromatic N) is 2. The molecule has 0 radical (unpaired) electrons. The topological polar surface area (TPSA) is 39.1 Å². The highest BCUT2D eigenvalue weighted by Crippen LogP contribution is 2.33. The van der Waals surface area contributed by atoms with E-state index in [0.717, 1.165) is 31.8 Å². The van der Waals surface area contributed by atoms with Crippen molar-refractivity contribution < 1.29 is 4.74 Å². The number of rotatable bonds is 8. The van der Waals surface area contributed by atoms with Crippen molar-refractivity contribution in [2.75, 3.05) is 20.2 Å². The molecule has 0 aromatic carbocycles. The molecule has 0 atom stereocenters. The van der Waals surface area contributed by atoms with Crippen LogP contribution in [0.15, 0.2) is 6.20 Å². The van der Waals surface area contributed by atoms with E-state index in [1.54, 1.807) is 7.11 Å². The molecule has 0 aliphatic heterocycles. The minimum Gasteiger partial charge on any atom is -0.493 e. The van der Waals surface area contributed by atoms with Crippen molar-refractivity contribution in [1.82, 2.24) is 15.1 Å². The van der Waals surface area contributed by atoms with Crippen molar-refractivity contribution in [3.05, 3.63) is 11.9 Å². The molecular weight excluding hydrogens is 238 g/mol. The summed E-state index contributed by atoms with van der Waals surface area (Å²) >= 11 is 0. The molecule has 0 saturated carbocycles. The highest BCUT2D eigenvalue weighted by molar-refractivity contribution is 5.31. The third kappa shape index (κ3) is 4.23. The predicted octanol–water partition coefficient (Wildman–Crippen LogP) is 2.82. The monoisotopic (exact) mass is 267 g/mol. The number of methoxy groups -OCH3 is 1. The number of aromatic nitrogens is 2. The summed E-state index contributed by atoms with van der Waals surface area (Å²) in [4.78, 5) is 0. The van der Waals surface area contributed by atoms with Crippen LogP contribution in [0.2, 0.25) is 0 Å². The summed E-state index contributed by atoms with van der Waals surface area (Å²) in [6, 6.07) is 0. The van der Waals surface area contributed by atoms with E-state index in [1.165, 1.54) is 5.69 Å². The van der Waals surface area contributed by atoms with Crippen LogP contribution in [0.5, 0.6) is 5.75 Å². The summed E-state index contributed by atoms with van der Waals surface area (Å²) in [6.07, 6.45) is 2.89. The summed E-state index contributed by atoms with van der Waals surface area (Å²) < 4.78 is 7.50. The van der Waals surface area contributed by atoms with E-state index in [4.69, 9.17) is 4.74 Å². The van der Waals surface area contributed by atoms with Gasteiger partial charge in [-0.05, 0) is 32.4 Å². The zero-order valence-corrected chi connectivity index (χ0v) is 13.3. The van der Waals surface area contributed by atoms with Crippen molar-refractivity contribution in [2.24, 2.45) is 5.92 Å². The third-order valence-corrected chi connectivity index (χ3v) is 3.45. The lowest BCUT2D eigenvalue weighted by Gasteiger charge is -2.27. The zero-order chi connectivity index (χ0) is 14.5. The van der Waals surface area contributed by atoms with Crippen molar-refractivity contribution in [3.63, 3.8) is 0 Å². The van der Waals surface area contributed by atoms with E-state index >= 15 is 0 Å². The summed E-state index contributed by atoms with van der Waals surface area (Å²) in [5, 5.41) is 7.91. The van der Waals surface area contributed by atoms with Crippen LogP contribution in [0.4, 0.5) is 0 Å². The van der Waals surface area contributed by atoms with Gasteiger partial charge in [0.15, 0.2) is 5.75 Å². The van der Waals surface area contributed by atoms with Gasteiger partial charge in [0.05, 0.1) is 19.0 Å². The van der Waals surface area contributed by atoms with Crippen LogP contribution in [0.25, 0.3) is 0 Å². The third-order valence-electron chi connectivity index (χ3n) is 3.45. The van der Waals surface area contributed by atoms with Gasteiger partial charge in [-0.15, -0.1) is 0 Å². The fraction of sp³-hybridized carbons (Fsp3) is 0.800. The first kappa shape index (κ1) is 16.0. The van der Waals surface area contributed by atoms with Gasteiger partial charge in [0, 0.05) is 12.0 Å². The number of hydrogen-bond donors (Lipinski definition) is 1. The normalized spacial score (nSPS) is 12.2. The lowest BCUT2D eigenvalue weighted by molar-refractivity contribution is 0.364. The molecule has 0 unspecified atom stereocenters. The molecule has 1 N–H and O–H groups in total. The molecule has 110 valence electrons. The van der Waals surface area contributed by atoms with E-state index in [-0.39, 0.29) is 5.41 Å². The Hall–Kier alpha value is -1.03. The largest absolute Gasteiger partial charge is 0.493 e. The second-order valence-electron chi connectivity index (χ2n) is 6.11. The Bertz CT molecular complexity index is 361. The van der Waals surface area contributed by atoms with Gasteiger partial charge < -0.3 is 10.1 Å². The van der Waals surface area contributed by atoms with E-state index in [1.807, 2.05) is 10.9 Å². The molecule has 1 heterocycles. The quantitative estimate of drug-likeness (QED) is 0.736. The van der Waals surface area contributed by atoms with E-state index in [0.29, 0.717) is 5.92 Å². The maximum atomic E-state index is 5.45. The van der Waals surface area contributed by atoms with Gasteiger partial charge in [-0.3, -0.25) is 4.68 Å². The number of nitrogens with one attached hydrogen (secondary N) is 1. The van der Waals surface area contributed by atoms with Crippen LogP contribution in [0, 0.1) is 5.92 Å². The fourth-order valence-electron chi connectivity index (χ4n) is 2.35. The molecule has 4 nitrogen and oxygen atoms in total. The van der Waals surface area contributed by atoms with Gasteiger partial charge in [0.2, 0.25) is 0 Å². The Morgan fingerprint density at radius 2 is 2.11 bits per heavy atom. The lowest BCUT2D eigenvalue weighted by atomic mass is 9.85. The Morgan fingerprint density at radius 1 is 1.42 bits per heavy atom. The Balaban J connectivity index is 2.72. The molecule has 0 fully saturated rings. The van der Waals surface area contributed by atoms with Crippen molar-refractivity contribution in [2.45, 2.75) is 53.0 Å². The first-order valence-corrected chi connectivity index (χ1v) is 7.23. The minimum atomic E-state index is 0.0574. The summed E-state index contributed by atoms with van der Waals surface area (Å²) in [5.41, 5.74) is 1.26. The molecule has 1 aromatic rings. The van der Waals surface area contributed by atoms with Crippen LogP contribution >= 0.6 is 0 Å². The Kier molecular flexibility index (Phi) is 5.85. The fourth-order valence-corrected chi connectivity index (χ4v) is 2.35. The van der Waals surface area contributed by atoms with Gasteiger partial charge in [-0.1, -0.05) is 27.7 Å². The van der Waals surface area contributed by atoms with Gasteiger partial charge in [0.25, 0.3) is 0 Å². The molecule has 0 spiro atoms. The highest BCUT2D eigenvalue weighted by Gasteiger charge is 2.28. The minimum absolute atomic E-state index is 0.0574. The second kappa shape index (κ2) is 6.94. The molecule has 19 heavy (non-hydrogen) atoms. The molecule has 0 aliphatic carbocycles. The zero-order valence-electron chi connectivity index (χ0n) is 13.3. The maximum Gasteiger partial charge on any atom is 0.160 e. The Morgan fingerprint density at radius 3 is 2.63 bits per heavy atom. The van der Waals surface area contributed by atoms with Crippen LogP contribution in [0.1, 0.15) is 46.7 Å². The molecule has 4 heteroatoms. The smallest absolute Gasteiger partial charge is 0.160 e. The standard InChI is InChI=1S/C15H29N3O/c1-7-18-14(13(19-6)11-17-18)15(4,5)8-9-16-10-12(2)3/h11-12,16H,7-10H2,1-6H3. The molecule has 1 aromatic heterocycles. The second-order valence-corrected chi connectivity index (χ2v) is 6.11. The average molecular weight is 267 g/mol. The van der Waals surface area contributed by atoms with Crippen molar-refractivity contribution >= 4 is 0 Å². The van der Waals surface area contributed by atoms with Gasteiger partial charge >= 0.3 is 0 Å². The van der Waals surface area contributed by atoms with Crippen LogP contribution in [-0.4, -0.2) is 30.0 Å². The van der Waals surface area contributed by atoms with Crippen molar-refractivity contribution in [1.29, 1.82) is 0 Å². The molecule has 0 amide bonds. The van der Waals surface area contributed by atoms with Gasteiger partial charge in [-0.2, -0.15) is 5.10 Å². The summed E-state index contributed by atoms with van der Waals surface area (Å²) in [7, 11) is 1.72. The first-order chi connectivity index (χ1) is 8.92. The molecule has 0 saturated heterocycles. The SMILES string of the molecule is CCn1ncc(OC)c1C(C)(C)CCNCC(C)C. The van der Waals surface area contributed by atoms with Gasteiger partial charge in [0.1, 0.15) is 0 Å². The van der Waals surface area contributed by atoms with Crippen molar-refractivity contribution in [3.8, 4) is 5.75 Å². The van der Waals surface area contributed by atoms with Crippen LogP contribution in [-0.2, 0) is 12.0 Å². The molecule has 1 rings (SSSR count). The van der Waals surface area contributed by atoms with E-state index in [2.05, 4.69) is 45.0 Å². The highest BCUT2D eigenvalue weighted by atomic mass is 16.5. The first-order valence-electron chi connectivity index (χ1n) is 7.23. The number of hydrogen-bond acceptors (Lipinski definition) is 3. The molecule has 0 aliphatic rings. The summed E-state index contributed by atoms with van der Waals surface area (Å²) in [6.45, 7) is 14.1. The van der Waals surface area contributed by atoms with E-state index in [9.17, 15) is 0 Å². The summed E-state index contributed by atoms with van der Waals surface area (Å²) in [5.74, 6) is 1.59.